The summed E-state index contributed by atoms with van der Waals surface area (Å²) in [6.45, 7) is 5.91. The fourth-order valence-corrected chi connectivity index (χ4v) is 1.64. The average Bonchev–Trinajstić information content (AvgIpc) is 2.03. The highest BCUT2D eigenvalue weighted by Gasteiger charge is 2.35. The van der Waals surface area contributed by atoms with E-state index in [1.165, 1.54) is 0 Å². The Balaban J connectivity index is 4.17. The summed E-state index contributed by atoms with van der Waals surface area (Å²) in [5, 5.41) is 18.8. The van der Waals surface area contributed by atoms with Crippen LogP contribution < -0.4 is 0 Å². The number of hydrogen-bond donors (Lipinski definition) is 2. The quantitative estimate of drug-likeness (QED) is 0.623. The lowest BCUT2D eigenvalue weighted by Gasteiger charge is -2.25. The van der Waals surface area contributed by atoms with Gasteiger partial charge in [0.15, 0.2) is 5.60 Å². The van der Waals surface area contributed by atoms with Gasteiger partial charge in [-0.25, -0.2) is 4.79 Å². The Morgan fingerprint density at radius 3 is 2.29 bits per heavy atom. The van der Waals surface area contributed by atoms with Gasteiger partial charge in [-0.1, -0.05) is 33.6 Å². The Bertz CT molecular complexity index is 177. The molecule has 0 amide bonds. The van der Waals surface area contributed by atoms with E-state index in [1.807, 2.05) is 13.8 Å². The molecule has 0 saturated carbocycles. The molecule has 0 fully saturated rings. The van der Waals surface area contributed by atoms with Crippen molar-refractivity contribution in [2.45, 2.75) is 58.5 Å². The Morgan fingerprint density at radius 2 is 1.93 bits per heavy atom. The molecule has 3 heteroatoms. The van der Waals surface area contributed by atoms with E-state index < -0.39 is 11.6 Å². The predicted molar refractivity (Wildman–Crippen MR) is 56.2 cm³/mol. The van der Waals surface area contributed by atoms with Gasteiger partial charge in [-0.2, -0.15) is 0 Å². The first-order valence-electron chi connectivity index (χ1n) is 5.38. The van der Waals surface area contributed by atoms with Crippen LogP contribution in [0.2, 0.25) is 0 Å². The zero-order valence-corrected chi connectivity index (χ0v) is 9.42. The van der Waals surface area contributed by atoms with Gasteiger partial charge in [0.05, 0.1) is 0 Å². The van der Waals surface area contributed by atoms with Crippen LogP contribution in [0.15, 0.2) is 0 Å². The Morgan fingerprint density at radius 1 is 1.36 bits per heavy atom. The number of aliphatic hydroxyl groups is 1. The lowest BCUT2D eigenvalue weighted by molar-refractivity contribution is -0.161. The average molecular weight is 202 g/mol. The van der Waals surface area contributed by atoms with E-state index in [1.54, 1.807) is 0 Å². The molecule has 0 aliphatic rings. The largest absolute Gasteiger partial charge is 0.479 e. The molecule has 0 spiro atoms. The van der Waals surface area contributed by atoms with E-state index >= 15 is 0 Å². The standard InChI is InChI=1S/C11H22O3/c1-4-5-6-7-11(14,10(12)13)8-9(2)3/h9,14H,4-8H2,1-3H3,(H,12,13). The molecule has 84 valence electrons. The van der Waals surface area contributed by atoms with Crippen molar-refractivity contribution < 1.29 is 15.0 Å². The van der Waals surface area contributed by atoms with E-state index in [4.69, 9.17) is 5.11 Å². The third-order valence-electron chi connectivity index (χ3n) is 2.34. The van der Waals surface area contributed by atoms with Gasteiger partial charge in [0, 0.05) is 0 Å². The van der Waals surface area contributed by atoms with E-state index in [9.17, 15) is 9.90 Å². The third-order valence-corrected chi connectivity index (χ3v) is 2.34. The first-order chi connectivity index (χ1) is 6.42. The first-order valence-corrected chi connectivity index (χ1v) is 5.38. The van der Waals surface area contributed by atoms with Crippen LogP contribution in [0.25, 0.3) is 0 Å². The van der Waals surface area contributed by atoms with Gasteiger partial charge >= 0.3 is 5.97 Å². The van der Waals surface area contributed by atoms with Crippen molar-refractivity contribution in [2.24, 2.45) is 5.92 Å². The molecule has 0 aromatic carbocycles. The summed E-state index contributed by atoms with van der Waals surface area (Å²) in [5.41, 5.74) is -1.51. The first kappa shape index (κ1) is 13.4. The molecule has 0 saturated heterocycles. The second-order valence-electron chi connectivity index (χ2n) is 4.39. The van der Waals surface area contributed by atoms with Crippen molar-refractivity contribution in [3.05, 3.63) is 0 Å². The van der Waals surface area contributed by atoms with Gasteiger partial charge in [-0.15, -0.1) is 0 Å². The monoisotopic (exact) mass is 202 g/mol. The minimum atomic E-state index is -1.51. The van der Waals surface area contributed by atoms with Crippen LogP contribution in [0.5, 0.6) is 0 Å². The number of carboxylic acid groups (broad SMARTS) is 1. The van der Waals surface area contributed by atoms with Crippen molar-refractivity contribution in [3.8, 4) is 0 Å². The van der Waals surface area contributed by atoms with Crippen LogP contribution in [0, 0.1) is 5.92 Å². The number of carboxylic acids is 1. The van der Waals surface area contributed by atoms with Crippen LogP contribution in [-0.2, 0) is 4.79 Å². The molecule has 14 heavy (non-hydrogen) atoms. The lowest BCUT2D eigenvalue weighted by atomic mass is 9.87. The Labute approximate surface area is 86.1 Å². The van der Waals surface area contributed by atoms with Gasteiger partial charge < -0.3 is 10.2 Å². The summed E-state index contributed by atoms with van der Waals surface area (Å²) in [6.07, 6.45) is 3.51. The van der Waals surface area contributed by atoms with Crippen molar-refractivity contribution in [1.29, 1.82) is 0 Å². The summed E-state index contributed by atoms with van der Waals surface area (Å²) >= 11 is 0. The van der Waals surface area contributed by atoms with Gasteiger partial charge in [-0.05, 0) is 25.2 Å². The number of rotatable bonds is 7. The maximum Gasteiger partial charge on any atom is 0.335 e. The summed E-state index contributed by atoms with van der Waals surface area (Å²) in [7, 11) is 0. The van der Waals surface area contributed by atoms with Gasteiger partial charge in [0.1, 0.15) is 0 Å². The zero-order valence-electron chi connectivity index (χ0n) is 9.42. The van der Waals surface area contributed by atoms with E-state index in [-0.39, 0.29) is 5.92 Å². The van der Waals surface area contributed by atoms with Crippen molar-refractivity contribution in [3.63, 3.8) is 0 Å². The van der Waals surface area contributed by atoms with Crippen LogP contribution in [0.1, 0.15) is 52.9 Å². The van der Waals surface area contributed by atoms with Gasteiger partial charge in [-0.3, -0.25) is 0 Å². The van der Waals surface area contributed by atoms with Crippen molar-refractivity contribution >= 4 is 5.97 Å². The number of aliphatic carboxylic acids is 1. The molecular weight excluding hydrogens is 180 g/mol. The molecule has 1 atom stereocenters. The molecule has 0 aromatic heterocycles. The fraction of sp³-hybridized carbons (Fsp3) is 0.909. The molecule has 1 unspecified atom stereocenters. The lowest BCUT2D eigenvalue weighted by Crippen LogP contribution is -2.39. The SMILES string of the molecule is CCCCCC(O)(CC(C)C)C(=O)O. The van der Waals surface area contributed by atoms with Crippen LogP contribution in [0.3, 0.4) is 0 Å². The molecule has 0 rings (SSSR count). The van der Waals surface area contributed by atoms with Gasteiger partial charge in [0.25, 0.3) is 0 Å². The smallest absolute Gasteiger partial charge is 0.335 e. The second-order valence-corrected chi connectivity index (χ2v) is 4.39. The van der Waals surface area contributed by atoms with E-state index in [0.717, 1.165) is 19.3 Å². The van der Waals surface area contributed by atoms with Crippen molar-refractivity contribution in [1.82, 2.24) is 0 Å². The maximum atomic E-state index is 10.9. The Hall–Kier alpha value is -0.570. The Kier molecular flexibility index (Phi) is 5.77. The summed E-state index contributed by atoms with van der Waals surface area (Å²) in [4.78, 5) is 10.9. The zero-order chi connectivity index (χ0) is 11.2. The summed E-state index contributed by atoms with van der Waals surface area (Å²) < 4.78 is 0. The normalized spacial score (nSPS) is 15.5. The second kappa shape index (κ2) is 6.02. The van der Waals surface area contributed by atoms with Crippen molar-refractivity contribution in [2.75, 3.05) is 0 Å². The minimum absolute atomic E-state index is 0.206. The molecule has 0 bridgehead atoms. The number of unbranched alkanes of at least 4 members (excludes halogenated alkanes) is 2. The highest BCUT2D eigenvalue weighted by Crippen LogP contribution is 2.23. The third kappa shape index (κ3) is 4.61. The highest BCUT2D eigenvalue weighted by molar-refractivity contribution is 5.76. The molecule has 0 aliphatic carbocycles. The maximum absolute atomic E-state index is 10.9. The summed E-state index contributed by atoms with van der Waals surface area (Å²) in [6, 6.07) is 0. The van der Waals surface area contributed by atoms with E-state index in [0.29, 0.717) is 12.8 Å². The van der Waals surface area contributed by atoms with Crippen LogP contribution in [-0.4, -0.2) is 21.8 Å². The molecule has 3 nitrogen and oxygen atoms in total. The van der Waals surface area contributed by atoms with Crippen LogP contribution in [0.4, 0.5) is 0 Å². The molecule has 0 aliphatic heterocycles. The summed E-state index contributed by atoms with van der Waals surface area (Å²) in [5.74, 6) is -0.875. The molecular formula is C11H22O3. The number of carbonyl (C=O) groups is 1. The predicted octanol–water partition coefficient (Wildman–Crippen LogP) is 2.43. The number of hydrogen-bond acceptors (Lipinski definition) is 2. The molecule has 0 radical (unpaired) electrons. The topological polar surface area (TPSA) is 57.5 Å². The van der Waals surface area contributed by atoms with Crippen LogP contribution >= 0.6 is 0 Å². The molecule has 0 heterocycles. The highest BCUT2D eigenvalue weighted by atomic mass is 16.4. The van der Waals surface area contributed by atoms with Gasteiger partial charge in [0.2, 0.25) is 0 Å². The molecule has 0 aromatic rings. The molecule has 2 N–H and O–H groups in total. The minimum Gasteiger partial charge on any atom is -0.479 e. The van der Waals surface area contributed by atoms with E-state index in [2.05, 4.69) is 6.92 Å². The fourth-order valence-electron chi connectivity index (χ4n) is 1.64.